The van der Waals surface area contributed by atoms with E-state index >= 15 is 0 Å². The predicted molar refractivity (Wildman–Crippen MR) is 120 cm³/mol. The smallest absolute Gasteiger partial charge is 0.203 e. The molecule has 3 aromatic heterocycles. The second-order valence-corrected chi connectivity index (χ2v) is 8.83. The fraction of sp³-hybridized carbons (Fsp3) is 0.591. The minimum atomic E-state index is 0.167. The van der Waals surface area contributed by atoms with Crippen molar-refractivity contribution in [1.29, 1.82) is 0 Å². The van der Waals surface area contributed by atoms with E-state index in [0.29, 0.717) is 11.9 Å². The van der Waals surface area contributed by atoms with E-state index in [9.17, 15) is 0 Å². The van der Waals surface area contributed by atoms with Crippen LogP contribution in [0, 0.1) is 6.92 Å². The van der Waals surface area contributed by atoms with Gasteiger partial charge in [0.25, 0.3) is 0 Å². The van der Waals surface area contributed by atoms with Gasteiger partial charge in [-0.3, -0.25) is 4.57 Å². The molecule has 1 aliphatic carbocycles. The summed E-state index contributed by atoms with van der Waals surface area (Å²) in [5.41, 5.74) is 1.80. The maximum Gasteiger partial charge on any atom is 0.203 e. The van der Waals surface area contributed by atoms with Crippen molar-refractivity contribution in [2.45, 2.75) is 58.0 Å². The second-order valence-electron chi connectivity index (χ2n) is 8.83. The second kappa shape index (κ2) is 7.84. The van der Waals surface area contributed by atoms with Crippen LogP contribution in [-0.2, 0) is 4.74 Å². The van der Waals surface area contributed by atoms with E-state index in [4.69, 9.17) is 14.7 Å². The van der Waals surface area contributed by atoms with E-state index in [2.05, 4.69) is 41.5 Å². The zero-order valence-electron chi connectivity index (χ0n) is 18.7. The van der Waals surface area contributed by atoms with E-state index in [1.807, 2.05) is 19.3 Å². The summed E-state index contributed by atoms with van der Waals surface area (Å²) in [6.07, 6.45) is 9.61. The molecule has 168 valence electrons. The molecular formula is C22H29N9O. The molecule has 0 bridgehead atoms. The van der Waals surface area contributed by atoms with Crippen LogP contribution in [0.5, 0.6) is 0 Å². The monoisotopic (exact) mass is 435 g/mol. The average Bonchev–Trinajstić information content (AvgIpc) is 3.60. The van der Waals surface area contributed by atoms with Crippen molar-refractivity contribution < 1.29 is 4.74 Å². The molecule has 0 unspecified atom stereocenters. The number of rotatable bonds is 4. The third-order valence-corrected chi connectivity index (χ3v) is 6.94. The maximum atomic E-state index is 5.46. The van der Waals surface area contributed by atoms with Crippen LogP contribution >= 0.6 is 0 Å². The molecule has 2 fully saturated rings. The van der Waals surface area contributed by atoms with E-state index < -0.39 is 0 Å². The predicted octanol–water partition coefficient (Wildman–Crippen LogP) is 2.81. The van der Waals surface area contributed by atoms with Gasteiger partial charge in [0.05, 0.1) is 31.6 Å². The summed E-state index contributed by atoms with van der Waals surface area (Å²) in [6, 6.07) is 0.637. The van der Waals surface area contributed by atoms with E-state index in [1.165, 1.54) is 25.7 Å². The van der Waals surface area contributed by atoms with Crippen LogP contribution in [0.3, 0.4) is 0 Å². The highest BCUT2D eigenvalue weighted by molar-refractivity contribution is 5.66. The molecule has 2 aliphatic heterocycles. The van der Waals surface area contributed by atoms with Gasteiger partial charge in [-0.25, -0.2) is 15.0 Å². The van der Waals surface area contributed by atoms with Gasteiger partial charge < -0.3 is 19.5 Å². The normalized spacial score (nSPS) is 21.1. The molecule has 0 spiro atoms. The van der Waals surface area contributed by atoms with Gasteiger partial charge in [-0.05, 0) is 26.2 Å². The fourth-order valence-corrected chi connectivity index (χ4v) is 5.36. The number of hydrogen-bond donors (Lipinski definition) is 1. The first-order valence-corrected chi connectivity index (χ1v) is 11.7. The number of H-pyrrole nitrogens is 1. The molecule has 0 radical (unpaired) electrons. The summed E-state index contributed by atoms with van der Waals surface area (Å²) in [5, 5.41) is 8.94. The molecule has 10 nitrogen and oxygen atoms in total. The number of morpholine rings is 1. The first-order chi connectivity index (χ1) is 15.7. The summed E-state index contributed by atoms with van der Waals surface area (Å²) in [7, 11) is 0. The van der Waals surface area contributed by atoms with Crippen molar-refractivity contribution in [2.24, 2.45) is 0 Å². The number of nitrogens with zero attached hydrogens (tertiary/aromatic N) is 8. The molecule has 1 saturated heterocycles. The van der Waals surface area contributed by atoms with Gasteiger partial charge >= 0.3 is 0 Å². The molecular weight excluding hydrogens is 406 g/mol. The number of hydrogen-bond acceptors (Lipinski definition) is 8. The first kappa shape index (κ1) is 19.7. The summed E-state index contributed by atoms with van der Waals surface area (Å²) < 4.78 is 7.59. The average molecular weight is 436 g/mol. The summed E-state index contributed by atoms with van der Waals surface area (Å²) >= 11 is 0. The van der Waals surface area contributed by atoms with Crippen LogP contribution in [0.2, 0.25) is 0 Å². The molecule has 1 N–H and O–H groups in total. The summed E-state index contributed by atoms with van der Waals surface area (Å²) in [6.45, 7) is 7.33. The molecule has 6 rings (SSSR count). The van der Waals surface area contributed by atoms with Crippen LogP contribution in [0.15, 0.2) is 12.4 Å². The minimum Gasteiger partial charge on any atom is -0.378 e. The largest absolute Gasteiger partial charge is 0.378 e. The first-order valence-electron chi connectivity index (χ1n) is 11.7. The standard InChI is InChI=1S/C22H29N9O/c1-3-17-21-28-27-14(2)30(21)18-13-23-19(26-20(18)31(17)15-6-4-5-7-15)16-12-24-22(25-16)29-8-10-32-11-9-29/h12-13,15,17H,3-11H2,1-2H3,(H,24,25)/t17-/m1/s1. The number of fused-ring (bicyclic) bond motifs is 3. The molecule has 10 heteroatoms. The zero-order valence-corrected chi connectivity index (χ0v) is 18.7. The Kier molecular flexibility index (Phi) is 4.82. The van der Waals surface area contributed by atoms with E-state index in [-0.39, 0.29) is 6.04 Å². The van der Waals surface area contributed by atoms with Crippen molar-refractivity contribution in [3.05, 3.63) is 24.0 Å². The highest BCUT2D eigenvalue weighted by Crippen LogP contribution is 2.43. The quantitative estimate of drug-likeness (QED) is 0.668. The van der Waals surface area contributed by atoms with Crippen LogP contribution in [-0.4, -0.2) is 67.0 Å². The lowest BCUT2D eigenvalue weighted by Gasteiger charge is -2.41. The van der Waals surface area contributed by atoms with Crippen molar-refractivity contribution in [3.63, 3.8) is 0 Å². The van der Waals surface area contributed by atoms with Crippen LogP contribution in [0.1, 0.15) is 56.7 Å². The highest BCUT2D eigenvalue weighted by Gasteiger charge is 2.39. The van der Waals surface area contributed by atoms with Crippen LogP contribution in [0.25, 0.3) is 17.2 Å². The molecule has 3 aliphatic rings. The van der Waals surface area contributed by atoms with Gasteiger partial charge in [-0.15, -0.1) is 10.2 Å². The molecule has 3 aromatic rings. The maximum absolute atomic E-state index is 5.46. The van der Waals surface area contributed by atoms with Gasteiger partial charge in [0.1, 0.15) is 17.2 Å². The molecule has 32 heavy (non-hydrogen) atoms. The van der Waals surface area contributed by atoms with Crippen molar-refractivity contribution in [3.8, 4) is 17.2 Å². The molecule has 5 heterocycles. The van der Waals surface area contributed by atoms with Gasteiger partial charge in [-0.2, -0.15) is 0 Å². The lowest BCUT2D eigenvalue weighted by molar-refractivity contribution is 0.122. The van der Waals surface area contributed by atoms with Gasteiger partial charge in [-0.1, -0.05) is 19.8 Å². The number of imidazole rings is 1. The third-order valence-electron chi connectivity index (χ3n) is 6.94. The Bertz CT molecular complexity index is 1110. The summed E-state index contributed by atoms with van der Waals surface area (Å²) in [5.74, 6) is 4.37. The Morgan fingerprint density at radius 3 is 2.69 bits per heavy atom. The topological polar surface area (TPSA) is 101 Å². The Morgan fingerprint density at radius 2 is 1.91 bits per heavy atom. The summed E-state index contributed by atoms with van der Waals surface area (Å²) in [4.78, 5) is 22.6. The van der Waals surface area contributed by atoms with Crippen LogP contribution < -0.4 is 9.80 Å². The number of anilines is 2. The number of aromatic amines is 1. The Balaban J connectivity index is 1.43. The van der Waals surface area contributed by atoms with Gasteiger partial charge in [0.15, 0.2) is 17.5 Å². The highest BCUT2D eigenvalue weighted by atomic mass is 16.5. The number of nitrogens with one attached hydrogen (secondary N) is 1. The lowest BCUT2D eigenvalue weighted by Crippen LogP contribution is -2.42. The Hall–Kier alpha value is -3.01. The lowest BCUT2D eigenvalue weighted by atomic mass is 10.0. The minimum absolute atomic E-state index is 0.167. The SMILES string of the molecule is CC[C@@H]1c2nnc(C)n2-c2cnc(-c3cnc(N4CCOCC4)[nH]3)nc2N1C1CCCC1. The number of ether oxygens (including phenoxy) is 1. The van der Waals surface area contributed by atoms with Gasteiger partial charge in [0.2, 0.25) is 5.95 Å². The Labute approximate surface area is 187 Å². The molecule has 1 atom stereocenters. The molecule has 0 aromatic carbocycles. The number of aromatic nitrogens is 7. The molecule has 0 amide bonds. The third kappa shape index (κ3) is 3.08. The van der Waals surface area contributed by atoms with Crippen molar-refractivity contribution in [2.75, 3.05) is 36.1 Å². The van der Waals surface area contributed by atoms with Crippen LogP contribution in [0.4, 0.5) is 11.8 Å². The van der Waals surface area contributed by atoms with Crippen molar-refractivity contribution in [1.82, 2.24) is 34.7 Å². The Morgan fingerprint density at radius 1 is 1.09 bits per heavy atom. The van der Waals surface area contributed by atoms with Crippen molar-refractivity contribution >= 4 is 11.8 Å². The zero-order chi connectivity index (χ0) is 21.7. The fourth-order valence-electron chi connectivity index (χ4n) is 5.36. The van der Waals surface area contributed by atoms with Gasteiger partial charge in [0, 0.05) is 19.1 Å². The number of aryl methyl sites for hydroxylation is 1. The van der Waals surface area contributed by atoms with E-state index in [0.717, 1.165) is 67.5 Å². The molecule has 1 saturated carbocycles. The van der Waals surface area contributed by atoms with E-state index in [1.54, 1.807) is 0 Å².